The minimum absolute atomic E-state index is 1.17. The van der Waals surface area contributed by atoms with Gasteiger partial charge in [0.05, 0.1) is 0 Å². The summed E-state index contributed by atoms with van der Waals surface area (Å²) in [6, 6.07) is 8.73. The number of nitrogens with zero attached hydrogens (tertiary/aromatic N) is 1. The number of halogens is 1. The molecule has 0 bridgehead atoms. The van der Waals surface area contributed by atoms with Crippen molar-refractivity contribution >= 4 is 22.6 Å². The molecule has 72 valence electrons. The fourth-order valence-electron chi connectivity index (χ4n) is 1.29. The van der Waals surface area contributed by atoms with E-state index in [1.165, 1.54) is 28.5 Å². The Balaban J connectivity index is 2.37. The van der Waals surface area contributed by atoms with Crippen LogP contribution in [0.4, 0.5) is 0 Å². The van der Waals surface area contributed by atoms with Crippen LogP contribution in [0, 0.1) is 3.57 Å². The highest BCUT2D eigenvalue weighted by Crippen LogP contribution is 2.09. The first-order valence-corrected chi connectivity index (χ1v) is 5.65. The maximum Gasteiger partial charge on any atom is 0.0133 e. The lowest BCUT2D eigenvalue weighted by atomic mass is 10.1. The summed E-state index contributed by atoms with van der Waals surface area (Å²) in [6.45, 7) is 1.17. The van der Waals surface area contributed by atoms with Crippen LogP contribution in [0.2, 0.25) is 0 Å². The van der Waals surface area contributed by atoms with Crippen LogP contribution in [0.5, 0.6) is 0 Å². The van der Waals surface area contributed by atoms with Crippen molar-refractivity contribution in [1.29, 1.82) is 0 Å². The summed E-state index contributed by atoms with van der Waals surface area (Å²) in [6.07, 6.45) is 2.43. The molecule has 0 unspecified atom stereocenters. The average molecular weight is 289 g/mol. The number of rotatable bonds is 4. The molecule has 0 aliphatic carbocycles. The van der Waals surface area contributed by atoms with E-state index >= 15 is 0 Å². The second-order valence-electron chi connectivity index (χ2n) is 3.54. The lowest BCUT2D eigenvalue weighted by Crippen LogP contribution is -2.13. The van der Waals surface area contributed by atoms with Crippen LogP contribution >= 0.6 is 22.6 Å². The molecule has 0 fully saturated rings. The van der Waals surface area contributed by atoms with Crippen LogP contribution in [0.3, 0.4) is 0 Å². The Morgan fingerprint density at radius 1 is 1.31 bits per heavy atom. The summed E-state index contributed by atoms with van der Waals surface area (Å²) >= 11 is 2.36. The Morgan fingerprint density at radius 2 is 2.08 bits per heavy atom. The number of benzene rings is 1. The van der Waals surface area contributed by atoms with E-state index in [4.69, 9.17) is 0 Å². The van der Waals surface area contributed by atoms with Crippen molar-refractivity contribution in [3.63, 3.8) is 0 Å². The molecule has 0 spiro atoms. The van der Waals surface area contributed by atoms with Crippen LogP contribution in [0.15, 0.2) is 24.3 Å². The van der Waals surface area contributed by atoms with Gasteiger partial charge in [-0.3, -0.25) is 0 Å². The van der Waals surface area contributed by atoms with Gasteiger partial charge in [-0.05, 0) is 73.8 Å². The number of hydrogen-bond donors (Lipinski definition) is 0. The van der Waals surface area contributed by atoms with Crippen LogP contribution in [0.1, 0.15) is 12.0 Å². The Hall–Kier alpha value is -0.0900. The second kappa shape index (κ2) is 5.60. The molecule has 0 atom stereocenters. The maximum absolute atomic E-state index is 2.36. The summed E-state index contributed by atoms with van der Waals surface area (Å²) < 4.78 is 1.33. The molecule has 0 saturated heterocycles. The van der Waals surface area contributed by atoms with Crippen LogP contribution < -0.4 is 0 Å². The van der Waals surface area contributed by atoms with E-state index in [2.05, 4.69) is 65.9 Å². The summed E-state index contributed by atoms with van der Waals surface area (Å²) in [5, 5.41) is 0. The Labute approximate surface area is 94.3 Å². The van der Waals surface area contributed by atoms with Crippen molar-refractivity contribution < 1.29 is 0 Å². The first-order valence-electron chi connectivity index (χ1n) is 4.57. The van der Waals surface area contributed by atoms with Gasteiger partial charge in [0.25, 0.3) is 0 Å². The molecule has 0 aromatic heterocycles. The molecular weight excluding hydrogens is 273 g/mol. The fourth-order valence-corrected chi connectivity index (χ4v) is 1.90. The van der Waals surface area contributed by atoms with E-state index in [1.807, 2.05) is 0 Å². The van der Waals surface area contributed by atoms with E-state index in [0.29, 0.717) is 0 Å². The molecule has 1 aromatic carbocycles. The van der Waals surface area contributed by atoms with Crippen molar-refractivity contribution in [2.75, 3.05) is 20.6 Å². The van der Waals surface area contributed by atoms with Gasteiger partial charge in [-0.15, -0.1) is 0 Å². The number of aryl methyl sites for hydroxylation is 1. The molecule has 1 nitrogen and oxygen atoms in total. The number of hydrogen-bond acceptors (Lipinski definition) is 1. The monoisotopic (exact) mass is 289 g/mol. The second-order valence-corrected chi connectivity index (χ2v) is 4.78. The van der Waals surface area contributed by atoms with Crippen LogP contribution in [0.25, 0.3) is 0 Å². The Morgan fingerprint density at radius 3 is 2.69 bits per heavy atom. The zero-order valence-corrected chi connectivity index (χ0v) is 10.4. The van der Waals surface area contributed by atoms with E-state index in [9.17, 15) is 0 Å². The molecule has 0 saturated carbocycles. The van der Waals surface area contributed by atoms with Gasteiger partial charge in [0.2, 0.25) is 0 Å². The van der Waals surface area contributed by atoms with Gasteiger partial charge in [-0.2, -0.15) is 0 Å². The van der Waals surface area contributed by atoms with E-state index < -0.39 is 0 Å². The zero-order chi connectivity index (χ0) is 9.68. The first-order chi connectivity index (χ1) is 6.18. The van der Waals surface area contributed by atoms with E-state index in [1.54, 1.807) is 0 Å². The van der Waals surface area contributed by atoms with Crippen LogP contribution in [-0.2, 0) is 6.42 Å². The Bertz CT molecular complexity index is 258. The van der Waals surface area contributed by atoms with Crippen molar-refractivity contribution in [3.05, 3.63) is 33.4 Å². The fraction of sp³-hybridized carbons (Fsp3) is 0.455. The molecule has 0 amide bonds. The largest absolute Gasteiger partial charge is 0.309 e. The molecule has 2 heteroatoms. The molecule has 0 N–H and O–H groups in total. The third-order valence-corrected chi connectivity index (χ3v) is 2.63. The Kier molecular flexibility index (Phi) is 4.73. The normalized spacial score (nSPS) is 10.8. The SMILES string of the molecule is CN(C)CCCc1cccc(I)c1. The maximum atomic E-state index is 2.36. The molecule has 0 radical (unpaired) electrons. The minimum atomic E-state index is 1.17. The van der Waals surface area contributed by atoms with E-state index in [-0.39, 0.29) is 0 Å². The topological polar surface area (TPSA) is 3.24 Å². The van der Waals surface area contributed by atoms with Gasteiger partial charge < -0.3 is 4.90 Å². The highest BCUT2D eigenvalue weighted by atomic mass is 127. The molecule has 0 aliphatic rings. The summed E-state index contributed by atoms with van der Waals surface area (Å²) in [4.78, 5) is 2.23. The third kappa shape index (κ3) is 4.62. The lowest BCUT2D eigenvalue weighted by molar-refractivity contribution is 0.400. The predicted octanol–water partition coefficient (Wildman–Crippen LogP) is 2.79. The first kappa shape index (κ1) is 11.0. The smallest absolute Gasteiger partial charge is 0.0133 e. The standard InChI is InChI=1S/C11H16IN/c1-13(2)8-4-6-10-5-3-7-11(12)9-10/h3,5,7,9H,4,6,8H2,1-2H3. The van der Waals surface area contributed by atoms with Gasteiger partial charge in [-0.1, -0.05) is 12.1 Å². The minimum Gasteiger partial charge on any atom is -0.309 e. The van der Waals surface area contributed by atoms with Gasteiger partial charge in [0.15, 0.2) is 0 Å². The highest BCUT2D eigenvalue weighted by Gasteiger charge is 1.95. The van der Waals surface area contributed by atoms with Gasteiger partial charge in [0.1, 0.15) is 0 Å². The molecule has 1 aromatic rings. The van der Waals surface area contributed by atoms with Crippen molar-refractivity contribution in [2.24, 2.45) is 0 Å². The highest BCUT2D eigenvalue weighted by molar-refractivity contribution is 14.1. The third-order valence-electron chi connectivity index (χ3n) is 1.96. The zero-order valence-electron chi connectivity index (χ0n) is 8.26. The quantitative estimate of drug-likeness (QED) is 0.770. The lowest BCUT2D eigenvalue weighted by Gasteiger charge is -2.08. The molecule has 13 heavy (non-hydrogen) atoms. The van der Waals surface area contributed by atoms with Crippen molar-refractivity contribution in [2.45, 2.75) is 12.8 Å². The predicted molar refractivity (Wildman–Crippen MR) is 66.0 cm³/mol. The molecular formula is C11H16IN. The summed E-state index contributed by atoms with van der Waals surface area (Å²) in [5.74, 6) is 0. The van der Waals surface area contributed by atoms with Crippen molar-refractivity contribution in [1.82, 2.24) is 4.90 Å². The molecule has 1 rings (SSSR count). The average Bonchev–Trinajstić information content (AvgIpc) is 2.03. The summed E-state index contributed by atoms with van der Waals surface area (Å²) in [5.41, 5.74) is 1.45. The van der Waals surface area contributed by atoms with E-state index in [0.717, 1.165) is 0 Å². The van der Waals surface area contributed by atoms with Crippen molar-refractivity contribution in [3.8, 4) is 0 Å². The molecule has 0 aliphatic heterocycles. The van der Waals surface area contributed by atoms with Gasteiger partial charge in [-0.25, -0.2) is 0 Å². The van der Waals surface area contributed by atoms with Gasteiger partial charge in [0, 0.05) is 3.57 Å². The van der Waals surface area contributed by atoms with Crippen LogP contribution in [-0.4, -0.2) is 25.5 Å². The van der Waals surface area contributed by atoms with Gasteiger partial charge >= 0.3 is 0 Å². The summed E-state index contributed by atoms with van der Waals surface area (Å²) in [7, 11) is 4.24. The molecule has 0 heterocycles.